The lowest BCUT2D eigenvalue weighted by Gasteiger charge is -2.30. The number of nitrogens with one attached hydrogen (secondary N) is 1. The van der Waals surface area contributed by atoms with Crippen molar-refractivity contribution in [3.05, 3.63) is 29.3 Å². The van der Waals surface area contributed by atoms with E-state index in [0.29, 0.717) is 35.6 Å². The standard InChI is InChI=1S/C12H16N4O3S2/c1-10-13-14-11(19-10)9-15-4-6-16(7-5-15)21(17,18)12-3-2-8-20-12/h2-3,8H,4-7,9H2,1H3/p+1. The number of nitrogens with zero attached hydrogens (tertiary/aromatic N) is 3. The zero-order valence-electron chi connectivity index (χ0n) is 11.7. The van der Waals surface area contributed by atoms with Crippen LogP contribution in [0, 0.1) is 6.92 Å². The second kappa shape index (κ2) is 5.84. The van der Waals surface area contributed by atoms with Crippen LogP contribution in [0.2, 0.25) is 0 Å². The third-order valence-corrected chi connectivity index (χ3v) is 6.76. The molecule has 0 amide bonds. The van der Waals surface area contributed by atoms with E-state index in [9.17, 15) is 8.42 Å². The van der Waals surface area contributed by atoms with Crippen molar-refractivity contribution in [1.82, 2.24) is 14.5 Å². The van der Waals surface area contributed by atoms with Crippen LogP contribution in [0.25, 0.3) is 0 Å². The van der Waals surface area contributed by atoms with Gasteiger partial charge in [0, 0.05) is 6.92 Å². The maximum absolute atomic E-state index is 12.4. The fourth-order valence-corrected chi connectivity index (χ4v) is 4.97. The molecule has 3 rings (SSSR count). The molecular formula is C12H17N4O3S2+. The monoisotopic (exact) mass is 329 g/mol. The second-order valence-corrected chi connectivity index (χ2v) is 8.09. The molecule has 1 fully saturated rings. The van der Waals surface area contributed by atoms with E-state index in [4.69, 9.17) is 4.42 Å². The van der Waals surface area contributed by atoms with Crippen molar-refractivity contribution in [3.63, 3.8) is 0 Å². The molecule has 0 aliphatic carbocycles. The summed E-state index contributed by atoms with van der Waals surface area (Å²) in [6, 6.07) is 3.41. The summed E-state index contributed by atoms with van der Waals surface area (Å²) in [5, 5.41) is 9.57. The van der Waals surface area contributed by atoms with E-state index in [2.05, 4.69) is 10.2 Å². The van der Waals surface area contributed by atoms with Gasteiger partial charge in [-0.2, -0.15) is 4.31 Å². The first-order chi connectivity index (χ1) is 10.1. The smallest absolute Gasteiger partial charge is 0.271 e. The van der Waals surface area contributed by atoms with Crippen molar-refractivity contribution in [3.8, 4) is 0 Å². The molecule has 2 aromatic heterocycles. The average molecular weight is 329 g/mol. The van der Waals surface area contributed by atoms with Crippen LogP contribution in [0.1, 0.15) is 11.8 Å². The van der Waals surface area contributed by atoms with Gasteiger partial charge < -0.3 is 9.32 Å². The largest absolute Gasteiger partial charge is 0.420 e. The van der Waals surface area contributed by atoms with Crippen LogP contribution in [0.5, 0.6) is 0 Å². The molecule has 2 aromatic rings. The molecule has 0 spiro atoms. The van der Waals surface area contributed by atoms with Crippen molar-refractivity contribution in [2.24, 2.45) is 0 Å². The van der Waals surface area contributed by atoms with E-state index in [1.807, 2.05) is 0 Å². The molecule has 1 aliphatic rings. The van der Waals surface area contributed by atoms with Crippen LogP contribution in [-0.2, 0) is 16.6 Å². The molecule has 1 saturated heterocycles. The molecule has 1 aliphatic heterocycles. The van der Waals surface area contributed by atoms with Crippen LogP contribution < -0.4 is 4.90 Å². The predicted octanol–water partition coefficient (Wildman–Crippen LogP) is -0.471. The fourth-order valence-electron chi connectivity index (χ4n) is 2.38. The van der Waals surface area contributed by atoms with Gasteiger partial charge in [0.2, 0.25) is 5.89 Å². The van der Waals surface area contributed by atoms with E-state index in [0.717, 1.165) is 13.1 Å². The Morgan fingerprint density at radius 1 is 1.38 bits per heavy atom. The molecule has 0 saturated carbocycles. The van der Waals surface area contributed by atoms with Crippen LogP contribution in [0.15, 0.2) is 26.1 Å². The first-order valence-corrected chi connectivity index (χ1v) is 9.04. The topological polar surface area (TPSA) is 80.7 Å². The van der Waals surface area contributed by atoms with Gasteiger partial charge in [-0.3, -0.25) is 0 Å². The van der Waals surface area contributed by atoms with E-state index < -0.39 is 10.0 Å². The van der Waals surface area contributed by atoms with Gasteiger partial charge in [-0.15, -0.1) is 21.5 Å². The van der Waals surface area contributed by atoms with Crippen molar-refractivity contribution in [2.75, 3.05) is 26.2 Å². The quantitative estimate of drug-likeness (QED) is 0.820. The summed E-state index contributed by atoms with van der Waals surface area (Å²) in [7, 11) is -3.32. The molecule has 7 nitrogen and oxygen atoms in total. The molecule has 9 heteroatoms. The van der Waals surface area contributed by atoms with Crippen molar-refractivity contribution >= 4 is 21.4 Å². The molecule has 0 aromatic carbocycles. The van der Waals surface area contributed by atoms with Gasteiger partial charge in [0.1, 0.15) is 4.21 Å². The van der Waals surface area contributed by atoms with Crippen molar-refractivity contribution < 1.29 is 17.7 Å². The maximum Gasteiger partial charge on any atom is 0.271 e. The zero-order chi connectivity index (χ0) is 14.9. The van der Waals surface area contributed by atoms with E-state index in [1.54, 1.807) is 28.7 Å². The Kier molecular flexibility index (Phi) is 4.07. The van der Waals surface area contributed by atoms with E-state index in [-0.39, 0.29) is 0 Å². The number of aryl methyl sites for hydroxylation is 1. The first kappa shape index (κ1) is 14.6. The SMILES string of the molecule is Cc1nnc(C[NH+]2CCN(S(=O)(=O)c3cccs3)CC2)o1. The Labute approximate surface area is 127 Å². The van der Waals surface area contributed by atoms with Crippen LogP contribution in [0.4, 0.5) is 0 Å². The lowest BCUT2D eigenvalue weighted by atomic mass is 10.3. The lowest BCUT2D eigenvalue weighted by Crippen LogP contribution is -3.13. The number of rotatable bonds is 4. The highest BCUT2D eigenvalue weighted by Gasteiger charge is 2.31. The Morgan fingerprint density at radius 2 is 2.14 bits per heavy atom. The van der Waals surface area contributed by atoms with Gasteiger partial charge in [0.15, 0.2) is 6.54 Å². The fraction of sp³-hybridized carbons (Fsp3) is 0.500. The Balaban J connectivity index is 1.60. The van der Waals surface area contributed by atoms with Gasteiger partial charge in [-0.05, 0) is 11.4 Å². The van der Waals surface area contributed by atoms with Gasteiger partial charge in [0.05, 0.1) is 26.2 Å². The number of aromatic nitrogens is 2. The molecule has 0 bridgehead atoms. The number of sulfonamides is 1. The van der Waals surface area contributed by atoms with Gasteiger partial charge in [-0.1, -0.05) is 6.07 Å². The average Bonchev–Trinajstić information content (AvgIpc) is 3.11. The summed E-state index contributed by atoms with van der Waals surface area (Å²) >= 11 is 1.26. The van der Waals surface area contributed by atoms with Crippen LogP contribution in [0.3, 0.4) is 0 Å². The van der Waals surface area contributed by atoms with Gasteiger partial charge in [-0.25, -0.2) is 8.42 Å². The highest BCUT2D eigenvalue weighted by molar-refractivity contribution is 7.91. The number of thiophene rings is 1. The molecule has 0 radical (unpaired) electrons. The number of quaternary nitrogens is 1. The Morgan fingerprint density at radius 3 is 2.71 bits per heavy atom. The summed E-state index contributed by atoms with van der Waals surface area (Å²) in [6.07, 6.45) is 0. The summed E-state index contributed by atoms with van der Waals surface area (Å²) < 4.78 is 32.1. The second-order valence-electron chi connectivity index (χ2n) is 4.98. The highest BCUT2D eigenvalue weighted by atomic mass is 32.2. The molecule has 3 heterocycles. The molecule has 0 atom stereocenters. The minimum absolute atomic E-state index is 0.415. The zero-order valence-corrected chi connectivity index (χ0v) is 13.3. The van der Waals surface area contributed by atoms with Crippen LogP contribution in [-0.4, -0.2) is 49.1 Å². The molecular weight excluding hydrogens is 312 g/mol. The number of hydrogen-bond acceptors (Lipinski definition) is 6. The third kappa shape index (κ3) is 3.15. The number of piperazine rings is 1. The van der Waals surface area contributed by atoms with Gasteiger partial charge >= 0.3 is 0 Å². The normalized spacial score (nSPS) is 18.1. The summed E-state index contributed by atoms with van der Waals surface area (Å²) in [6.45, 7) is 4.93. The Hall–Kier alpha value is -1.29. The van der Waals surface area contributed by atoms with E-state index in [1.165, 1.54) is 16.2 Å². The minimum atomic E-state index is -3.32. The lowest BCUT2D eigenvalue weighted by molar-refractivity contribution is -0.918. The first-order valence-electron chi connectivity index (χ1n) is 6.72. The molecule has 114 valence electrons. The van der Waals surface area contributed by atoms with Crippen LogP contribution >= 0.6 is 11.3 Å². The summed E-state index contributed by atoms with van der Waals surface area (Å²) in [5.41, 5.74) is 0. The van der Waals surface area contributed by atoms with Crippen molar-refractivity contribution in [2.45, 2.75) is 17.7 Å². The summed E-state index contributed by atoms with van der Waals surface area (Å²) in [5.74, 6) is 1.17. The van der Waals surface area contributed by atoms with E-state index >= 15 is 0 Å². The Bertz CT molecular complexity index is 688. The molecule has 21 heavy (non-hydrogen) atoms. The minimum Gasteiger partial charge on any atom is -0.420 e. The highest BCUT2D eigenvalue weighted by Crippen LogP contribution is 2.20. The number of hydrogen-bond donors (Lipinski definition) is 1. The van der Waals surface area contributed by atoms with Crippen molar-refractivity contribution in [1.29, 1.82) is 0 Å². The molecule has 0 unspecified atom stereocenters. The molecule has 1 N–H and O–H groups in total. The van der Waals surface area contributed by atoms with Gasteiger partial charge in [0.25, 0.3) is 15.9 Å². The maximum atomic E-state index is 12.4. The predicted molar refractivity (Wildman–Crippen MR) is 76.5 cm³/mol. The third-order valence-electron chi connectivity index (χ3n) is 3.49. The summed E-state index contributed by atoms with van der Waals surface area (Å²) in [4.78, 5) is 1.26.